The highest BCUT2D eigenvalue weighted by molar-refractivity contribution is 5.76. The second kappa shape index (κ2) is 7.35. The summed E-state index contributed by atoms with van der Waals surface area (Å²) < 4.78 is 44.8. The number of nitrogens with zero attached hydrogens (tertiary/aromatic N) is 3. The SMILES string of the molecule is [2H]C([2H])(C)O[C@@H]1CC[C@]2(Cc3ccc(-c4cncc(C#N)c4)cc3[C@]23N=C(N)OC3([2H])[2H])C[C@H]1C. The lowest BCUT2D eigenvalue weighted by Gasteiger charge is -2.48. The van der Waals surface area contributed by atoms with Gasteiger partial charge in [0.25, 0.3) is 6.02 Å². The van der Waals surface area contributed by atoms with Gasteiger partial charge in [0.1, 0.15) is 18.2 Å². The Morgan fingerprint density at radius 1 is 1.39 bits per heavy atom. The molecule has 0 bridgehead atoms. The monoisotopic (exact) mass is 420 g/mol. The fraction of sp³-hybridized carbons (Fsp3) is 0.480. The third kappa shape index (κ3) is 3.02. The van der Waals surface area contributed by atoms with Gasteiger partial charge in [-0.3, -0.25) is 4.98 Å². The molecule has 1 aromatic carbocycles. The first-order valence-corrected chi connectivity index (χ1v) is 10.6. The fourth-order valence-corrected chi connectivity index (χ4v) is 5.73. The number of pyridine rings is 1. The maximum absolute atomic E-state index is 9.29. The van der Waals surface area contributed by atoms with Crippen molar-refractivity contribution in [2.24, 2.45) is 22.1 Å². The molecule has 1 aromatic heterocycles. The van der Waals surface area contributed by atoms with Crippen LogP contribution in [0.25, 0.3) is 11.1 Å². The van der Waals surface area contributed by atoms with Gasteiger partial charge in [-0.15, -0.1) is 0 Å². The summed E-state index contributed by atoms with van der Waals surface area (Å²) in [5.74, 6) is -0.0197. The fourth-order valence-electron chi connectivity index (χ4n) is 5.73. The molecule has 31 heavy (non-hydrogen) atoms. The predicted octanol–water partition coefficient (Wildman–Crippen LogP) is 3.93. The van der Waals surface area contributed by atoms with Crippen LogP contribution in [0.3, 0.4) is 0 Å². The Kier molecular flexibility index (Phi) is 3.75. The zero-order chi connectivity index (χ0) is 25.2. The van der Waals surface area contributed by atoms with Crippen LogP contribution in [-0.4, -0.2) is 30.2 Å². The van der Waals surface area contributed by atoms with E-state index in [1.54, 1.807) is 12.3 Å². The summed E-state index contributed by atoms with van der Waals surface area (Å²) in [6.07, 6.45) is 5.27. The lowest BCUT2D eigenvalue weighted by atomic mass is 9.59. The average Bonchev–Trinajstić information content (AvgIpc) is 3.19. The van der Waals surface area contributed by atoms with Crippen LogP contribution in [0.2, 0.25) is 0 Å². The number of aromatic nitrogens is 1. The number of ether oxygens (including phenoxy) is 2. The van der Waals surface area contributed by atoms with E-state index in [0.29, 0.717) is 31.2 Å². The second-order valence-electron chi connectivity index (χ2n) is 8.85. The minimum absolute atomic E-state index is 0.0197. The Bertz CT molecular complexity index is 1250. The molecule has 2 N–H and O–H groups in total. The summed E-state index contributed by atoms with van der Waals surface area (Å²) in [6, 6.07) is 9.59. The van der Waals surface area contributed by atoms with Gasteiger partial charge in [-0.2, -0.15) is 5.26 Å². The lowest BCUT2D eigenvalue weighted by Crippen LogP contribution is -2.48. The first-order valence-electron chi connectivity index (χ1n) is 12.6. The first-order chi connectivity index (χ1) is 16.4. The second-order valence-corrected chi connectivity index (χ2v) is 8.85. The minimum atomic E-state index is -2.17. The highest BCUT2D eigenvalue weighted by atomic mass is 16.5. The summed E-state index contributed by atoms with van der Waals surface area (Å²) in [7, 11) is 0. The number of nitriles is 1. The molecule has 0 radical (unpaired) electrons. The van der Waals surface area contributed by atoms with Crippen LogP contribution >= 0.6 is 0 Å². The molecule has 6 nitrogen and oxygen atoms in total. The normalized spacial score (nSPS) is 35.3. The topological polar surface area (TPSA) is 93.5 Å². The molecule has 160 valence electrons. The molecule has 2 spiro atoms. The average molecular weight is 421 g/mol. The van der Waals surface area contributed by atoms with Crippen LogP contribution in [0.5, 0.6) is 0 Å². The van der Waals surface area contributed by atoms with Crippen LogP contribution in [0.15, 0.2) is 41.7 Å². The van der Waals surface area contributed by atoms with E-state index in [2.05, 4.69) is 11.1 Å². The van der Waals surface area contributed by atoms with Crippen molar-refractivity contribution in [2.75, 3.05) is 13.1 Å². The van der Waals surface area contributed by atoms with E-state index in [0.717, 1.165) is 22.3 Å². The van der Waals surface area contributed by atoms with Gasteiger partial charge in [0, 0.05) is 29.9 Å². The van der Waals surface area contributed by atoms with Crippen LogP contribution in [0, 0.1) is 22.7 Å². The number of fused-ring (bicyclic) bond motifs is 3. The van der Waals surface area contributed by atoms with Gasteiger partial charge in [-0.05, 0) is 67.3 Å². The van der Waals surface area contributed by atoms with Crippen molar-refractivity contribution >= 4 is 6.02 Å². The molecular weight excluding hydrogens is 388 g/mol. The Morgan fingerprint density at radius 3 is 2.97 bits per heavy atom. The Labute approximate surface area is 188 Å². The lowest BCUT2D eigenvalue weighted by molar-refractivity contribution is -0.0588. The van der Waals surface area contributed by atoms with Crippen molar-refractivity contribution in [1.29, 1.82) is 5.26 Å². The summed E-state index contributed by atoms with van der Waals surface area (Å²) in [5, 5.41) is 9.29. The van der Waals surface area contributed by atoms with E-state index in [-0.39, 0.29) is 18.0 Å². The zero-order valence-electron chi connectivity index (χ0n) is 21.7. The van der Waals surface area contributed by atoms with Crippen molar-refractivity contribution in [1.82, 2.24) is 4.98 Å². The number of amidine groups is 1. The molecule has 3 aliphatic rings. The third-order valence-electron chi connectivity index (χ3n) is 7.10. The summed E-state index contributed by atoms with van der Waals surface area (Å²) >= 11 is 0. The molecule has 1 saturated carbocycles. The van der Waals surface area contributed by atoms with E-state index in [1.807, 2.05) is 25.1 Å². The van der Waals surface area contributed by atoms with Crippen molar-refractivity contribution in [2.45, 2.75) is 51.2 Å². The quantitative estimate of drug-likeness (QED) is 0.812. The summed E-state index contributed by atoms with van der Waals surface area (Å²) in [5.41, 5.74) is 7.80. The van der Waals surface area contributed by atoms with Crippen molar-refractivity contribution in [3.63, 3.8) is 0 Å². The molecule has 0 unspecified atom stereocenters. The molecular formula is C25H28N4O2. The van der Waals surface area contributed by atoms with Crippen molar-refractivity contribution in [3.8, 4) is 17.2 Å². The van der Waals surface area contributed by atoms with E-state index in [4.69, 9.17) is 25.7 Å². The standard InChI is InChI=1S/C25H28N4O2/c1-3-30-22-6-7-24(10-16(22)2)11-19-5-4-18(20-8-17(12-26)13-28-14-20)9-21(19)25(24)15-31-23(27)29-25/h4-5,8-9,13-14,16,22H,3,6-7,10-11,15H2,1-2H3,(H2,27,29)/t16-,22-,24-,25+/m1/s1/i3D2,15D2. The molecule has 1 fully saturated rings. The van der Waals surface area contributed by atoms with Gasteiger partial charge in [-0.25, -0.2) is 4.99 Å². The van der Waals surface area contributed by atoms with E-state index >= 15 is 0 Å². The third-order valence-corrected chi connectivity index (χ3v) is 7.10. The van der Waals surface area contributed by atoms with Gasteiger partial charge in [0.05, 0.1) is 17.2 Å². The molecule has 1 aliphatic heterocycles. The number of benzene rings is 1. The Hall–Kier alpha value is -2.91. The highest BCUT2D eigenvalue weighted by Gasteiger charge is 2.62. The Balaban J connectivity index is 1.62. The minimum Gasteiger partial charge on any atom is -0.462 e. The van der Waals surface area contributed by atoms with Gasteiger partial charge in [-0.1, -0.05) is 19.1 Å². The van der Waals surface area contributed by atoms with E-state index in [9.17, 15) is 5.26 Å². The van der Waals surface area contributed by atoms with Crippen LogP contribution < -0.4 is 5.73 Å². The van der Waals surface area contributed by atoms with Crippen LogP contribution in [0.4, 0.5) is 0 Å². The molecule has 5 rings (SSSR count). The number of nitrogens with two attached hydrogens (primary N) is 1. The maximum Gasteiger partial charge on any atom is 0.283 e. The molecule has 2 heterocycles. The number of aliphatic imine (C=N–C) groups is 1. The molecule has 0 amide bonds. The van der Waals surface area contributed by atoms with Gasteiger partial charge in [0.2, 0.25) is 0 Å². The summed E-state index contributed by atoms with van der Waals surface area (Å²) in [6.45, 7) is -0.477. The molecule has 4 atom stereocenters. The number of hydrogen-bond donors (Lipinski definition) is 1. The molecule has 2 aliphatic carbocycles. The van der Waals surface area contributed by atoms with E-state index in [1.165, 1.54) is 13.1 Å². The van der Waals surface area contributed by atoms with Crippen LogP contribution in [-0.2, 0) is 21.4 Å². The smallest absolute Gasteiger partial charge is 0.283 e. The van der Waals surface area contributed by atoms with Crippen molar-refractivity contribution in [3.05, 3.63) is 53.3 Å². The van der Waals surface area contributed by atoms with E-state index < -0.39 is 24.1 Å². The molecule has 0 saturated heterocycles. The largest absolute Gasteiger partial charge is 0.462 e. The Morgan fingerprint density at radius 2 is 2.26 bits per heavy atom. The predicted molar refractivity (Wildman–Crippen MR) is 118 cm³/mol. The highest BCUT2D eigenvalue weighted by Crippen LogP contribution is 2.62. The van der Waals surface area contributed by atoms with Crippen LogP contribution in [0.1, 0.15) is 55.3 Å². The maximum atomic E-state index is 9.29. The number of hydrogen-bond acceptors (Lipinski definition) is 6. The molecule has 2 aromatic rings. The van der Waals surface area contributed by atoms with Gasteiger partial charge in [0.15, 0.2) is 0 Å². The van der Waals surface area contributed by atoms with Gasteiger partial charge < -0.3 is 15.2 Å². The zero-order valence-corrected chi connectivity index (χ0v) is 17.7. The first kappa shape index (κ1) is 15.8. The molecule has 6 heteroatoms. The van der Waals surface area contributed by atoms with Crippen molar-refractivity contribution < 1.29 is 15.0 Å². The van der Waals surface area contributed by atoms with Gasteiger partial charge >= 0.3 is 0 Å². The summed E-state index contributed by atoms with van der Waals surface area (Å²) in [4.78, 5) is 8.88. The number of rotatable bonds is 3.